The minimum Gasteiger partial charge on any atom is -0.393 e. The third-order valence-electron chi connectivity index (χ3n) is 5.27. The number of hydrogen-bond donors (Lipinski definition) is 1. The number of carbonyl (C=O) groups is 1. The number of hydrogen-bond acceptors (Lipinski definition) is 3. The molecule has 0 spiro atoms. The number of nitrogens with zero attached hydrogens (tertiary/aromatic N) is 1. The second kappa shape index (κ2) is 7.10. The average molecular weight is 297 g/mol. The lowest BCUT2D eigenvalue weighted by Gasteiger charge is -2.44. The third kappa shape index (κ3) is 4.19. The van der Waals surface area contributed by atoms with Crippen LogP contribution in [0.15, 0.2) is 0 Å². The van der Waals surface area contributed by atoms with Crippen molar-refractivity contribution in [3.8, 4) is 0 Å². The topological polar surface area (TPSA) is 49.8 Å². The molecule has 1 N–H and O–H groups in total. The summed E-state index contributed by atoms with van der Waals surface area (Å²) in [5, 5.41) is 10.3. The van der Waals surface area contributed by atoms with Crippen molar-refractivity contribution in [3.05, 3.63) is 0 Å². The Kier molecular flexibility index (Phi) is 5.67. The summed E-state index contributed by atoms with van der Waals surface area (Å²) in [4.78, 5) is 14.7. The Bertz CT molecular complexity index is 356. The second-order valence-electron chi connectivity index (χ2n) is 7.31. The van der Waals surface area contributed by atoms with Gasteiger partial charge in [-0.3, -0.25) is 4.79 Å². The summed E-state index contributed by atoms with van der Waals surface area (Å²) in [6.07, 6.45) is 7.75. The number of carbonyl (C=O) groups excluding carboxylic acids is 1. The fourth-order valence-corrected chi connectivity index (χ4v) is 3.84. The molecule has 0 bridgehead atoms. The van der Waals surface area contributed by atoms with E-state index in [9.17, 15) is 9.90 Å². The van der Waals surface area contributed by atoms with Crippen molar-refractivity contribution in [1.29, 1.82) is 0 Å². The van der Waals surface area contributed by atoms with E-state index in [4.69, 9.17) is 4.74 Å². The van der Waals surface area contributed by atoms with Crippen LogP contribution >= 0.6 is 0 Å². The molecule has 1 heterocycles. The van der Waals surface area contributed by atoms with Gasteiger partial charge in [0.1, 0.15) is 0 Å². The van der Waals surface area contributed by atoms with Crippen molar-refractivity contribution >= 4 is 5.91 Å². The SMILES string of the molecule is COC(C)(C)CC(=O)N1CCCCC1C1CCCCC1O. The Labute approximate surface area is 128 Å². The predicted octanol–water partition coefficient (Wildman–Crippen LogP) is 2.73. The van der Waals surface area contributed by atoms with Gasteiger partial charge in [-0.2, -0.15) is 0 Å². The van der Waals surface area contributed by atoms with Crippen LogP contribution in [-0.4, -0.2) is 47.3 Å². The quantitative estimate of drug-likeness (QED) is 0.868. The van der Waals surface area contributed by atoms with Crippen LogP contribution in [-0.2, 0) is 9.53 Å². The van der Waals surface area contributed by atoms with Crippen molar-refractivity contribution in [2.75, 3.05) is 13.7 Å². The van der Waals surface area contributed by atoms with Gasteiger partial charge in [0.15, 0.2) is 0 Å². The molecular weight excluding hydrogens is 266 g/mol. The first kappa shape index (κ1) is 16.8. The number of rotatable bonds is 4. The lowest BCUT2D eigenvalue weighted by Crippen LogP contribution is -2.52. The van der Waals surface area contributed by atoms with Crippen LogP contribution in [0.3, 0.4) is 0 Å². The van der Waals surface area contributed by atoms with Gasteiger partial charge in [0.25, 0.3) is 0 Å². The molecule has 3 atom stereocenters. The molecule has 21 heavy (non-hydrogen) atoms. The summed E-state index contributed by atoms with van der Waals surface area (Å²) >= 11 is 0. The molecule has 2 aliphatic rings. The minimum atomic E-state index is -0.412. The fraction of sp³-hybridized carbons (Fsp3) is 0.941. The van der Waals surface area contributed by atoms with E-state index >= 15 is 0 Å². The van der Waals surface area contributed by atoms with Gasteiger partial charge in [0, 0.05) is 25.6 Å². The molecule has 122 valence electrons. The van der Waals surface area contributed by atoms with Gasteiger partial charge in [-0.15, -0.1) is 0 Å². The molecule has 0 aromatic heterocycles. The minimum absolute atomic E-state index is 0.185. The molecule has 2 fully saturated rings. The van der Waals surface area contributed by atoms with Crippen molar-refractivity contribution in [1.82, 2.24) is 4.90 Å². The summed E-state index contributed by atoms with van der Waals surface area (Å²) in [6.45, 7) is 4.76. The average Bonchev–Trinajstić information content (AvgIpc) is 2.47. The molecule has 1 saturated heterocycles. The first-order valence-corrected chi connectivity index (χ1v) is 8.47. The van der Waals surface area contributed by atoms with Crippen LogP contribution in [0.5, 0.6) is 0 Å². The van der Waals surface area contributed by atoms with Crippen LogP contribution < -0.4 is 0 Å². The van der Waals surface area contributed by atoms with Crippen LogP contribution in [0, 0.1) is 5.92 Å². The van der Waals surface area contributed by atoms with Crippen molar-refractivity contribution in [2.45, 2.75) is 83.0 Å². The normalized spacial score (nSPS) is 31.2. The zero-order valence-corrected chi connectivity index (χ0v) is 13.8. The van der Waals surface area contributed by atoms with E-state index in [1.807, 2.05) is 18.7 Å². The smallest absolute Gasteiger partial charge is 0.225 e. The molecule has 1 aliphatic heterocycles. The van der Waals surface area contributed by atoms with E-state index in [0.29, 0.717) is 6.42 Å². The highest BCUT2D eigenvalue weighted by molar-refractivity contribution is 5.77. The fourth-order valence-electron chi connectivity index (χ4n) is 3.84. The van der Waals surface area contributed by atoms with Gasteiger partial charge >= 0.3 is 0 Å². The Morgan fingerprint density at radius 3 is 2.52 bits per heavy atom. The first-order valence-electron chi connectivity index (χ1n) is 8.47. The number of aliphatic hydroxyl groups is 1. The molecule has 4 nitrogen and oxygen atoms in total. The molecule has 1 amide bonds. The molecule has 1 saturated carbocycles. The van der Waals surface area contributed by atoms with Crippen molar-refractivity contribution < 1.29 is 14.6 Å². The second-order valence-corrected chi connectivity index (χ2v) is 7.31. The molecule has 4 heteroatoms. The number of ether oxygens (including phenoxy) is 1. The van der Waals surface area contributed by atoms with Gasteiger partial charge in [0.05, 0.1) is 18.1 Å². The monoisotopic (exact) mass is 297 g/mol. The lowest BCUT2D eigenvalue weighted by molar-refractivity contribution is -0.143. The van der Waals surface area contributed by atoms with Gasteiger partial charge in [0.2, 0.25) is 5.91 Å². The highest BCUT2D eigenvalue weighted by atomic mass is 16.5. The van der Waals surface area contributed by atoms with E-state index in [1.54, 1.807) is 7.11 Å². The van der Waals surface area contributed by atoms with Crippen LogP contribution in [0.25, 0.3) is 0 Å². The Hall–Kier alpha value is -0.610. The van der Waals surface area contributed by atoms with E-state index < -0.39 is 5.60 Å². The van der Waals surface area contributed by atoms with E-state index in [1.165, 1.54) is 12.8 Å². The van der Waals surface area contributed by atoms with Crippen LogP contribution in [0.1, 0.15) is 65.2 Å². The maximum Gasteiger partial charge on any atom is 0.225 e. The summed E-state index contributed by atoms with van der Waals surface area (Å²) < 4.78 is 5.40. The highest BCUT2D eigenvalue weighted by Crippen LogP contribution is 2.34. The van der Waals surface area contributed by atoms with Crippen LogP contribution in [0.4, 0.5) is 0 Å². The lowest BCUT2D eigenvalue weighted by atomic mass is 9.77. The third-order valence-corrected chi connectivity index (χ3v) is 5.27. The largest absolute Gasteiger partial charge is 0.393 e. The highest BCUT2D eigenvalue weighted by Gasteiger charge is 2.38. The molecule has 1 aliphatic carbocycles. The predicted molar refractivity (Wildman–Crippen MR) is 83.0 cm³/mol. The molecule has 2 rings (SSSR count). The summed E-state index contributed by atoms with van der Waals surface area (Å²) in [6, 6.07) is 0.231. The Morgan fingerprint density at radius 1 is 1.19 bits per heavy atom. The standard InChI is InChI=1S/C17H31NO3/c1-17(2,21-3)12-16(20)18-11-7-6-9-14(18)13-8-4-5-10-15(13)19/h13-15,19H,4-12H2,1-3H3. The van der Waals surface area contributed by atoms with Crippen molar-refractivity contribution in [2.24, 2.45) is 5.92 Å². The molecule has 0 aromatic carbocycles. The molecule has 0 radical (unpaired) electrons. The summed E-state index contributed by atoms with van der Waals surface area (Å²) in [7, 11) is 1.66. The number of methoxy groups -OCH3 is 1. The number of piperidine rings is 1. The van der Waals surface area contributed by atoms with Gasteiger partial charge < -0.3 is 14.7 Å². The Balaban J connectivity index is 2.06. The van der Waals surface area contributed by atoms with E-state index in [0.717, 1.165) is 38.6 Å². The molecular formula is C17H31NO3. The van der Waals surface area contributed by atoms with Gasteiger partial charge in [-0.05, 0) is 46.0 Å². The van der Waals surface area contributed by atoms with Gasteiger partial charge in [-0.1, -0.05) is 12.8 Å². The number of likely N-dealkylation sites (tertiary alicyclic amines) is 1. The van der Waals surface area contributed by atoms with Crippen molar-refractivity contribution in [3.63, 3.8) is 0 Å². The zero-order valence-electron chi connectivity index (χ0n) is 13.8. The molecule has 0 aromatic rings. The van der Waals surface area contributed by atoms with E-state index in [2.05, 4.69) is 0 Å². The van der Waals surface area contributed by atoms with Gasteiger partial charge in [-0.25, -0.2) is 0 Å². The summed E-state index contributed by atoms with van der Waals surface area (Å²) in [5.41, 5.74) is -0.412. The first-order chi connectivity index (χ1) is 9.94. The molecule has 3 unspecified atom stereocenters. The number of amides is 1. The van der Waals surface area contributed by atoms with Crippen LogP contribution in [0.2, 0.25) is 0 Å². The maximum atomic E-state index is 12.7. The maximum absolute atomic E-state index is 12.7. The Morgan fingerprint density at radius 2 is 1.86 bits per heavy atom. The zero-order chi connectivity index (χ0) is 15.5. The summed E-state index contributed by atoms with van der Waals surface area (Å²) in [5.74, 6) is 0.456. The number of aliphatic hydroxyl groups excluding tert-OH is 1. The van der Waals surface area contributed by atoms with E-state index in [-0.39, 0.29) is 24.0 Å².